The van der Waals surface area contributed by atoms with Crippen molar-refractivity contribution in [3.05, 3.63) is 69.8 Å². The number of hydrogen-bond donors (Lipinski definition) is 1. The van der Waals surface area contributed by atoms with Gasteiger partial charge >= 0.3 is 5.97 Å². The normalized spacial score (nSPS) is 11.1. The molecule has 0 amide bonds. The van der Waals surface area contributed by atoms with Crippen LogP contribution in [0.15, 0.2) is 59.2 Å². The molecule has 0 unspecified atom stereocenters. The summed E-state index contributed by atoms with van der Waals surface area (Å²) >= 11 is 9.27. The summed E-state index contributed by atoms with van der Waals surface area (Å²) in [4.78, 5) is 12.1. The lowest BCUT2D eigenvalue weighted by Gasteiger charge is -2.09. The van der Waals surface area contributed by atoms with Crippen molar-refractivity contribution >= 4 is 44.8 Å². The molecule has 0 aromatic heterocycles. The number of halogens is 2. The molecule has 0 radical (unpaired) electrons. The smallest absolute Gasteiger partial charge is 0.340 e. The third kappa shape index (κ3) is 4.61. The second kappa shape index (κ2) is 8.01. The standard InChI is InChI=1S/C17H15BrClNO2/c1-2-22-17(21)16(12-3-7-14(19)8-4-12)11-20-15-9-5-13(18)6-10-15/h3-11,20H,2H2,1H3/b16-11-. The minimum Gasteiger partial charge on any atom is -0.462 e. The zero-order valence-corrected chi connectivity index (χ0v) is 14.3. The Morgan fingerprint density at radius 3 is 2.41 bits per heavy atom. The van der Waals surface area contributed by atoms with Crippen molar-refractivity contribution < 1.29 is 9.53 Å². The summed E-state index contributed by atoms with van der Waals surface area (Å²) in [6, 6.07) is 14.7. The van der Waals surface area contributed by atoms with Gasteiger partial charge in [-0.25, -0.2) is 4.79 Å². The van der Waals surface area contributed by atoms with Gasteiger partial charge in [-0.3, -0.25) is 0 Å². The molecule has 0 aliphatic rings. The van der Waals surface area contributed by atoms with Gasteiger partial charge in [-0.1, -0.05) is 39.7 Å². The minimum absolute atomic E-state index is 0.321. The van der Waals surface area contributed by atoms with Gasteiger partial charge in [0.15, 0.2) is 0 Å². The Morgan fingerprint density at radius 1 is 1.18 bits per heavy atom. The van der Waals surface area contributed by atoms with Crippen molar-refractivity contribution in [1.82, 2.24) is 0 Å². The quantitative estimate of drug-likeness (QED) is 0.578. The summed E-state index contributed by atoms with van der Waals surface area (Å²) in [7, 11) is 0. The Hall–Kier alpha value is -1.78. The highest BCUT2D eigenvalue weighted by Gasteiger charge is 2.13. The number of anilines is 1. The van der Waals surface area contributed by atoms with Crippen LogP contribution in [0.1, 0.15) is 12.5 Å². The summed E-state index contributed by atoms with van der Waals surface area (Å²) < 4.78 is 6.10. The summed E-state index contributed by atoms with van der Waals surface area (Å²) in [5, 5.41) is 3.73. The van der Waals surface area contributed by atoms with Crippen LogP contribution in [-0.2, 0) is 9.53 Å². The molecule has 2 aromatic rings. The first-order chi connectivity index (χ1) is 10.6. The Kier molecular flexibility index (Phi) is 6.04. The van der Waals surface area contributed by atoms with E-state index in [9.17, 15) is 4.79 Å². The van der Waals surface area contributed by atoms with E-state index in [1.165, 1.54) is 0 Å². The van der Waals surface area contributed by atoms with Crippen molar-refractivity contribution in [3.8, 4) is 0 Å². The van der Waals surface area contributed by atoms with Crippen molar-refractivity contribution in [2.75, 3.05) is 11.9 Å². The molecule has 0 aliphatic carbocycles. The predicted octanol–water partition coefficient (Wildman–Crippen LogP) is 5.12. The lowest BCUT2D eigenvalue weighted by Crippen LogP contribution is -2.08. The van der Waals surface area contributed by atoms with Crippen LogP contribution in [0, 0.1) is 0 Å². The molecule has 22 heavy (non-hydrogen) atoms. The lowest BCUT2D eigenvalue weighted by molar-refractivity contribution is -0.136. The van der Waals surface area contributed by atoms with Crippen molar-refractivity contribution in [2.45, 2.75) is 6.92 Å². The molecule has 0 aliphatic heterocycles. The minimum atomic E-state index is -0.380. The fraction of sp³-hybridized carbons (Fsp3) is 0.118. The van der Waals surface area contributed by atoms with Crippen LogP contribution in [0.3, 0.4) is 0 Å². The molecule has 0 heterocycles. The van der Waals surface area contributed by atoms with E-state index in [1.807, 2.05) is 24.3 Å². The number of carbonyl (C=O) groups is 1. The highest BCUT2D eigenvalue weighted by atomic mass is 79.9. The van der Waals surface area contributed by atoms with Gasteiger partial charge < -0.3 is 10.1 Å². The summed E-state index contributed by atoms with van der Waals surface area (Å²) in [5.41, 5.74) is 2.06. The van der Waals surface area contributed by atoms with Gasteiger partial charge in [0.25, 0.3) is 0 Å². The number of nitrogens with one attached hydrogen (secondary N) is 1. The third-order valence-corrected chi connectivity index (χ3v) is 3.66. The molecule has 1 N–H and O–H groups in total. The van der Waals surface area contributed by atoms with Crippen LogP contribution >= 0.6 is 27.5 Å². The van der Waals surface area contributed by atoms with Crippen LogP contribution in [0.2, 0.25) is 5.02 Å². The highest BCUT2D eigenvalue weighted by molar-refractivity contribution is 9.10. The van der Waals surface area contributed by atoms with Gasteiger partial charge in [-0.05, 0) is 48.9 Å². The average molecular weight is 381 g/mol. The van der Waals surface area contributed by atoms with Gasteiger partial charge in [-0.2, -0.15) is 0 Å². The Balaban J connectivity index is 2.27. The molecule has 0 saturated carbocycles. The fourth-order valence-electron chi connectivity index (χ4n) is 1.80. The summed E-state index contributed by atoms with van der Waals surface area (Å²) in [6.45, 7) is 2.10. The van der Waals surface area contributed by atoms with Gasteiger partial charge in [-0.15, -0.1) is 0 Å². The lowest BCUT2D eigenvalue weighted by atomic mass is 10.1. The zero-order valence-electron chi connectivity index (χ0n) is 12.0. The average Bonchev–Trinajstić information content (AvgIpc) is 2.51. The molecular weight excluding hydrogens is 366 g/mol. The van der Waals surface area contributed by atoms with E-state index in [-0.39, 0.29) is 5.97 Å². The van der Waals surface area contributed by atoms with Gasteiger partial charge in [0.05, 0.1) is 12.2 Å². The first-order valence-electron chi connectivity index (χ1n) is 6.75. The highest BCUT2D eigenvalue weighted by Crippen LogP contribution is 2.20. The first-order valence-corrected chi connectivity index (χ1v) is 7.92. The molecule has 0 atom stereocenters. The van der Waals surface area contributed by atoms with Crippen LogP contribution in [-0.4, -0.2) is 12.6 Å². The Bertz CT molecular complexity index is 666. The molecule has 0 spiro atoms. The zero-order chi connectivity index (χ0) is 15.9. The molecule has 0 fully saturated rings. The number of esters is 1. The summed E-state index contributed by atoms with van der Waals surface area (Å²) in [6.07, 6.45) is 1.64. The number of benzene rings is 2. The maximum atomic E-state index is 12.1. The number of carbonyl (C=O) groups excluding carboxylic acids is 1. The number of ether oxygens (including phenoxy) is 1. The molecule has 0 saturated heterocycles. The van der Waals surface area contributed by atoms with Crippen molar-refractivity contribution in [3.63, 3.8) is 0 Å². The molecular formula is C17H15BrClNO2. The van der Waals surface area contributed by atoms with Crippen LogP contribution in [0.25, 0.3) is 5.57 Å². The second-order valence-corrected chi connectivity index (χ2v) is 5.79. The third-order valence-electron chi connectivity index (χ3n) is 2.88. The van der Waals surface area contributed by atoms with Crippen LogP contribution in [0.5, 0.6) is 0 Å². The molecule has 0 bridgehead atoms. The van der Waals surface area contributed by atoms with E-state index < -0.39 is 0 Å². The largest absolute Gasteiger partial charge is 0.462 e. The van der Waals surface area contributed by atoms with Crippen LogP contribution in [0.4, 0.5) is 5.69 Å². The summed E-state index contributed by atoms with van der Waals surface area (Å²) in [5.74, 6) is -0.380. The van der Waals surface area contributed by atoms with Crippen molar-refractivity contribution in [1.29, 1.82) is 0 Å². The van der Waals surface area contributed by atoms with E-state index in [0.29, 0.717) is 17.2 Å². The van der Waals surface area contributed by atoms with E-state index >= 15 is 0 Å². The van der Waals surface area contributed by atoms with E-state index in [4.69, 9.17) is 16.3 Å². The van der Waals surface area contributed by atoms with Crippen molar-refractivity contribution in [2.24, 2.45) is 0 Å². The predicted molar refractivity (Wildman–Crippen MR) is 93.8 cm³/mol. The SMILES string of the molecule is CCOC(=O)/C(=C\Nc1ccc(Br)cc1)c1ccc(Cl)cc1. The Labute approximate surface area is 143 Å². The van der Waals surface area contributed by atoms with Gasteiger partial charge in [0.1, 0.15) is 0 Å². The molecule has 2 aromatic carbocycles. The molecule has 5 heteroatoms. The van der Waals surface area contributed by atoms with Gasteiger partial charge in [0, 0.05) is 21.4 Å². The topological polar surface area (TPSA) is 38.3 Å². The Morgan fingerprint density at radius 2 is 1.82 bits per heavy atom. The molecule has 114 valence electrons. The molecule has 2 rings (SSSR count). The number of hydrogen-bond acceptors (Lipinski definition) is 3. The maximum absolute atomic E-state index is 12.1. The molecule has 3 nitrogen and oxygen atoms in total. The number of rotatable bonds is 5. The van der Waals surface area contributed by atoms with Crippen LogP contribution < -0.4 is 5.32 Å². The second-order valence-electron chi connectivity index (χ2n) is 4.44. The van der Waals surface area contributed by atoms with E-state index in [1.54, 1.807) is 37.4 Å². The first kappa shape index (κ1) is 16.6. The van der Waals surface area contributed by atoms with E-state index in [0.717, 1.165) is 15.7 Å². The maximum Gasteiger partial charge on any atom is 0.340 e. The fourth-order valence-corrected chi connectivity index (χ4v) is 2.19. The van der Waals surface area contributed by atoms with Gasteiger partial charge in [0.2, 0.25) is 0 Å². The van der Waals surface area contributed by atoms with E-state index in [2.05, 4.69) is 21.2 Å². The monoisotopic (exact) mass is 379 g/mol.